The van der Waals surface area contributed by atoms with Crippen molar-refractivity contribution in [3.05, 3.63) is 57.5 Å². The Morgan fingerprint density at radius 3 is 2.89 bits per heavy atom. The summed E-state index contributed by atoms with van der Waals surface area (Å²) >= 11 is 0. The number of nitro groups is 1. The maximum Gasteiger partial charge on any atom is 0.389 e. The van der Waals surface area contributed by atoms with Crippen LogP contribution in [0.1, 0.15) is 11.1 Å². The summed E-state index contributed by atoms with van der Waals surface area (Å²) in [5, 5.41) is 23.0. The van der Waals surface area contributed by atoms with Gasteiger partial charge in [-0.3, -0.25) is 0 Å². The number of hydrogen-bond acceptors (Lipinski definition) is 4. The van der Waals surface area contributed by atoms with Gasteiger partial charge >= 0.3 is 5.82 Å². The summed E-state index contributed by atoms with van der Waals surface area (Å²) < 4.78 is 14.4. The monoisotopic (exact) mass is 246 g/mol. The molecule has 1 aromatic heterocycles. The maximum atomic E-state index is 13.1. The molecular weight excluding hydrogens is 239 g/mol. The standard InChI is InChI=1S/C11H7FN4O2/c12-10-2-1-8(6-13)9(5-10)7-15-4-3-11(14-15)16(17)18/h1-5H,7H2. The van der Waals surface area contributed by atoms with E-state index in [0.29, 0.717) is 11.1 Å². The molecule has 0 radical (unpaired) electrons. The number of halogens is 1. The molecule has 0 aliphatic heterocycles. The summed E-state index contributed by atoms with van der Waals surface area (Å²) in [6.45, 7) is 0.106. The van der Waals surface area contributed by atoms with E-state index in [0.717, 1.165) is 0 Å². The zero-order valence-corrected chi connectivity index (χ0v) is 9.08. The summed E-state index contributed by atoms with van der Waals surface area (Å²) in [5.74, 6) is -0.754. The fourth-order valence-electron chi connectivity index (χ4n) is 1.51. The number of nitriles is 1. The molecule has 2 rings (SSSR count). The van der Waals surface area contributed by atoms with Gasteiger partial charge in [-0.15, -0.1) is 0 Å². The lowest BCUT2D eigenvalue weighted by Gasteiger charge is -2.01. The van der Waals surface area contributed by atoms with Crippen molar-refractivity contribution < 1.29 is 9.31 Å². The molecule has 0 amide bonds. The summed E-state index contributed by atoms with van der Waals surface area (Å²) in [6.07, 6.45) is 1.41. The minimum absolute atomic E-state index is 0.106. The van der Waals surface area contributed by atoms with E-state index in [2.05, 4.69) is 5.10 Å². The third kappa shape index (κ3) is 2.32. The van der Waals surface area contributed by atoms with Gasteiger partial charge in [-0.25, -0.2) is 4.39 Å². The third-order valence-corrected chi connectivity index (χ3v) is 2.33. The summed E-state index contributed by atoms with van der Waals surface area (Å²) in [5.41, 5.74) is 0.741. The van der Waals surface area contributed by atoms with Crippen molar-refractivity contribution in [2.45, 2.75) is 6.54 Å². The van der Waals surface area contributed by atoms with E-state index in [1.165, 1.54) is 35.1 Å². The Labute approximate surface area is 101 Å². The minimum Gasteiger partial charge on any atom is -0.358 e. The smallest absolute Gasteiger partial charge is 0.358 e. The van der Waals surface area contributed by atoms with Crippen LogP contribution >= 0.6 is 0 Å². The first-order chi connectivity index (χ1) is 8.60. The Morgan fingerprint density at radius 2 is 2.28 bits per heavy atom. The summed E-state index contributed by atoms with van der Waals surface area (Å²) in [6, 6.07) is 6.94. The largest absolute Gasteiger partial charge is 0.389 e. The van der Waals surface area contributed by atoms with E-state index in [1.54, 1.807) is 0 Å². The third-order valence-electron chi connectivity index (χ3n) is 2.33. The minimum atomic E-state index is -0.618. The Balaban J connectivity index is 2.30. The Morgan fingerprint density at radius 1 is 1.50 bits per heavy atom. The first-order valence-electron chi connectivity index (χ1n) is 4.96. The van der Waals surface area contributed by atoms with Crippen molar-refractivity contribution >= 4 is 5.82 Å². The molecule has 1 heterocycles. The molecular formula is C11H7FN4O2. The van der Waals surface area contributed by atoms with Crippen molar-refractivity contribution in [2.24, 2.45) is 0 Å². The average molecular weight is 246 g/mol. The van der Waals surface area contributed by atoms with Gasteiger partial charge in [0.05, 0.1) is 35.5 Å². The lowest BCUT2D eigenvalue weighted by molar-refractivity contribution is -0.389. The zero-order chi connectivity index (χ0) is 13.1. The lowest BCUT2D eigenvalue weighted by Crippen LogP contribution is -2.03. The first kappa shape index (κ1) is 11.7. The van der Waals surface area contributed by atoms with E-state index < -0.39 is 10.7 Å². The van der Waals surface area contributed by atoms with Crippen molar-refractivity contribution in [2.75, 3.05) is 0 Å². The molecule has 0 spiro atoms. The predicted octanol–water partition coefficient (Wildman–Crippen LogP) is 1.85. The molecule has 0 aliphatic carbocycles. The zero-order valence-electron chi connectivity index (χ0n) is 9.08. The number of rotatable bonds is 3. The summed E-state index contributed by atoms with van der Waals surface area (Å²) in [4.78, 5) is 9.84. The Bertz CT molecular complexity index is 645. The molecule has 0 N–H and O–H groups in total. The molecule has 1 aromatic carbocycles. The highest BCUT2D eigenvalue weighted by Crippen LogP contribution is 2.13. The maximum absolute atomic E-state index is 13.1. The molecule has 2 aromatic rings. The second kappa shape index (κ2) is 4.63. The van der Waals surface area contributed by atoms with E-state index in [1.807, 2.05) is 6.07 Å². The van der Waals surface area contributed by atoms with Crippen LogP contribution in [-0.2, 0) is 6.54 Å². The van der Waals surface area contributed by atoms with Crippen molar-refractivity contribution in [1.82, 2.24) is 9.78 Å². The average Bonchev–Trinajstić information content (AvgIpc) is 2.78. The van der Waals surface area contributed by atoms with E-state index in [-0.39, 0.29) is 12.4 Å². The molecule has 0 saturated carbocycles. The second-order valence-corrected chi connectivity index (χ2v) is 3.54. The molecule has 6 nitrogen and oxygen atoms in total. The van der Waals surface area contributed by atoms with Gasteiger partial charge in [0, 0.05) is 0 Å². The van der Waals surface area contributed by atoms with Crippen LogP contribution in [0.15, 0.2) is 30.5 Å². The fraction of sp³-hybridized carbons (Fsp3) is 0.0909. The lowest BCUT2D eigenvalue weighted by atomic mass is 10.1. The van der Waals surface area contributed by atoms with Crippen LogP contribution in [0.25, 0.3) is 0 Å². The number of benzene rings is 1. The summed E-state index contributed by atoms with van der Waals surface area (Å²) in [7, 11) is 0. The van der Waals surface area contributed by atoms with Gasteiger partial charge < -0.3 is 10.1 Å². The van der Waals surface area contributed by atoms with Crippen molar-refractivity contribution in [3.8, 4) is 6.07 Å². The van der Waals surface area contributed by atoms with Crippen molar-refractivity contribution in [3.63, 3.8) is 0 Å². The first-order valence-corrected chi connectivity index (χ1v) is 4.96. The molecule has 0 saturated heterocycles. The highest BCUT2D eigenvalue weighted by atomic mass is 19.1. The van der Waals surface area contributed by atoms with Crippen LogP contribution in [0, 0.1) is 27.3 Å². The van der Waals surface area contributed by atoms with Gasteiger partial charge in [0.25, 0.3) is 0 Å². The van der Waals surface area contributed by atoms with Crippen LogP contribution in [0.2, 0.25) is 0 Å². The highest BCUT2D eigenvalue weighted by molar-refractivity contribution is 5.38. The Kier molecular flexibility index (Phi) is 3.02. The molecule has 0 fully saturated rings. The van der Waals surface area contributed by atoms with Gasteiger partial charge in [-0.05, 0) is 28.7 Å². The van der Waals surface area contributed by atoms with Crippen LogP contribution in [-0.4, -0.2) is 14.7 Å². The number of nitrogens with zero attached hydrogens (tertiary/aromatic N) is 4. The fourth-order valence-corrected chi connectivity index (χ4v) is 1.51. The topological polar surface area (TPSA) is 84.8 Å². The molecule has 0 atom stereocenters. The van der Waals surface area contributed by atoms with Gasteiger partial charge in [-0.2, -0.15) is 9.94 Å². The number of aromatic nitrogens is 2. The van der Waals surface area contributed by atoms with Crippen molar-refractivity contribution in [1.29, 1.82) is 5.26 Å². The van der Waals surface area contributed by atoms with Crippen LogP contribution in [0.5, 0.6) is 0 Å². The molecule has 90 valence electrons. The normalized spacial score (nSPS) is 10.0. The van der Waals surface area contributed by atoms with Crippen LogP contribution in [0.4, 0.5) is 10.2 Å². The molecule has 0 bridgehead atoms. The van der Waals surface area contributed by atoms with Gasteiger partial charge in [0.15, 0.2) is 0 Å². The quantitative estimate of drug-likeness (QED) is 0.611. The van der Waals surface area contributed by atoms with E-state index >= 15 is 0 Å². The van der Waals surface area contributed by atoms with E-state index in [4.69, 9.17) is 5.26 Å². The predicted molar refractivity (Wildman–Crippen MR) is 59.1 cm³/mol. The molecule has 7 heteroatoms. The SMILES string of the molecule is N#Cc1ccc(F)cc1Cn1ccc([N+](=O)[O-])n1. The van der Waals surface area contributed by atoms with Gasteiger partial charge in [0.1, 0.15) is 5.82 Å². The van der Waals surface area contributed by atoms with Crippen LogP contribution in [0.3, 0.4) is 0 Å². The Hall–Kier alpha value is -2.75. The second-order valence-electron chi connectivity index (χ2n) is 3.54. The molecule has 0 unspecified atom stereocenters. The molecule has 0 aliphatic rings. The van der Waals surface area contributed by atoms with Gasteiger partial charge in [0.2, 0.25) is 0 Å². The van der Waals surface area contributed by atoms with Crippen LogP contribution < -0.4 is 0 Å². The van der Waals surface area contributed by atoms with Gasteiger partial charge in [-0.1, -0.05) is 0 Å². The number of hydrogen-bond donors (Lipinski definition) is 0. The molecule has 18 heavy (non-hydrogen) atoms. The van der Waals surface area contributed by atoms with E-state index in [9.17, 15) is 14.5 Å². The highest BCUT2D eigenvalue weighted by Gasteiger charge is 2.12.